The largest absolute Gasteiger partial charge is 0.481 e. The highest BCUT2D eigenvalue weighted by Gasteiger charge is 2.06. The van der Waals surface area contributed by atoms with E-state index in [0.29, 0.717) is 6.42 Å². The van der Waals surface area contributed by atoms with E-state index >= 15 is 0 Å². The van der Waals surface area contributed by atoms with Gasteiger partial charge in [0.1, 0.15) is 0 Å². The Labute approximate surface area is 138 Å². The number of aliphatic carboxylic acids is 1. The van der Waals surface area contributed by atoms with Crippen molar-refractivity contribution in [1.82, 2.24) is 0 Å². The molecule has 1 atom stereocenters. The van der Waals surface area contributed by atoms with Crippen LogP contribution in [0.25, 0.3) is 0 Å². The third-order valence-electron chi connectivity index (χ3n) is 4.28. The minimum Gasteiger partial charge on any atom is -0.481 e. The first-order chi connectivity index (χ1) is 10.7. The number of carboxylic acids is 1. The van der Waals surface area contributed by atoms with E-state index in [4.69, 9.17) is 5.11 Å². The van der Waals surface area contributed by atoms with E-state index in [2.05, 4.69) is 26.0 Å². The predicted molar refractivity (Wildman–Crippen MR) is 96.3 cm³/mol. The first-order valence-electron chi connectivity index (χ1n) is 9.59. The molecule has 0 amide bonds. The van der Waals surface area contributed by atoms with Gasteiger partial charge in [0.15, 0.2) is 0 Å². The molecule has 1 aliphatic rings. The molecule has 0 aliphatic heterocycles. The second-order valence-corrected chi connectivity index (χ2v) is 6.53. The Kier molecular flexibility index (Phi) is 16.0. The Hall–Kier alpha value is -0.790. The van der Waals surface area contributed by atoms with Crippen LogP contribution in [0.3, 0.4) is 0 Å². The van der Waals surface area contributed by atoms with Gasteiger partial charge in [0.05, 0.1) is 0 Å². The van der Waals surface area contributed by atoms with E-state index in [1.54, 1.807) is 0 Å². The lowest BCUT2D eigenvalue weighted by Gasteiger charge is -2.15. The lowest BCUT2D eigenvalue weighted by atomic mass is 9.91. The van der Waals surface area contributed by atoms with Gasteiger partial charge in [-0.25, -0.2) is 0 Å². The number of hydrogen-bond acceptors (Lipinski definition) is 1. The molecule has 0 bridgehead atoms. The van der Waals surface area contributed by atoms with Gasteiger partial charge in [-0.15, -0.1) is 0 Å². The Morgan fingerprint density at radius 1 is 1.00 bits per heavy atom. The molecule has 0 aromatic heterocycles. The maximum Gasteiger partial charge on any atom is 0.303 e. The molecule has 1 aliphatic carbocycles. The highest BCUT2D eigenvalue weighted by Crippen LogP contribution is 2.22. The van der Waals surface area contributed by atoms with Gasteiger partial charge in [0, 0.05) is 6.42 Å². The van der Waals surface area contributed by atoms with Gasteiger partial charge in [-0.05, 0) is 38.0 Å². The molecule has 1 rings (SSSR count). The second kappa shape index (κ2) is 16.6. The highest BCUT2D eigenvalue weighted by molar-refractivity contribution is 5.66. The average Bonchev–Trinajstić information content (AvgIpc) is 2.53. The number of allylic oxidation sites excluding steroid dienone is 2. The Bertz CT molecular complexity index is 271. The lowest BCUT2D eigenvalue weighted by molar-refractivity contribution is -0.137. The molecule has 2 heteroatoms. The summed E-state index contributed by atoms with van der Waals surface area (Å²) < 4.78 is 0. The molecule has 0 fully saturated rings. The molecule has 0 saturated carbocycles. The monoisotopic (exact) mass is 310 g/mol. The molecule has 1 N–H and O–H groups in total. The van der Waals surface area contributed by atoms with Gasteiger partial charge in [-0.2, -0.15) is 0 Å². The Morgan fingerprint density at radius 3 is 2.18 bits per heavy atom. The SMILES string of the molecule is CCCCCCC1C=CCCC1.CCCCCCCC(=O)O. The van der Waals surface area contributed by atoms with Crippen LogP contribution in [0.5, 0.6) is 0 Å². The van der Waals surface area contributed by atoms with Gasteiger partial charge in [0.2, 0.25) is 0 Å². The minimum absolute atomic E-state index is 0.337. The normalized spacial score (nSPS) is 16.9. The standard InChI is InChI=1S/C12H22.C8H16O2/c1-2-3-4-6-9-12-10-7-5-8-11-12;1-2-3-4-5-6-7-8(9)10/h7,10,12H,2-6,8-9,11H2,1H3;2-7H2,1H3,(H,9,10). The molecule has 0 saturated heterocycles. The molecular weight excluding hydrogens is 272 g/mol. The molecule has 2 nitrogen and oxygen atoms in total. The molecule has 0 spiro atoms. The fraction of sp³-hybridized carbons (Fsp3) is 0.850. The van der Waals surface area contributed by atoms with E-state index in [1.807, 2.05) is 0 Å². The summed E-state index contributed by atoms with van der Waals surface area (Å²) in [6, 6.07) is 0. The van der Waals surface area contributed by atoms with Crippen LogP contribution < -0.4 is 0 Å². The van der Waals surface area contributed by atoms with Crippen molar-refractivity contribution in [1.29, 1.82) is 0 Å². The van der Waals surface area contributed by atoms with E-state index in [1.165, 1.54) is 70.6 Å². The van der Waals surface area contributed by atoms with Crippen molar-refractivity contribution in [2.24, 2.45) is 5.92 Å². The van der Waals surface area contributed by atoms with E-state index in [9.17, 15) is 4.79 Å². The molecule has 0 aromatic carbocycles. The lowest BCUT2D eigenvalue weighted by Crippen LogP contribution is -2.00. The van der Waals surface area contributed by atoms with Crippen molar-refractivity contribution in [3.8, 4) is 0 Å². The summed E-state index contributed by atoms with van der Waals surface area (Å²) in [5.41, 5.74) is 0. The Morgan fingerprint density at radius 2 is 1.64 bits per heavy atom. The van der Waals surface area contributed by atoms with Crippen LogP contribution in [-0.2, 0) is 4.79 Å². The van der Waals surface area contributed by atoms with Gasteiger partial charge in [-0.1, -0.05) is 77.4 Å². The fourth-order valence-electron chi connectivity index (χ4n) is 2.84. The van der Waals surface area contributed by atoms with Crippen molar-refractivity contribution in [3.63, 3.8) is 0 Å². The van der Waals surface area contributed by atoms with Gasteiger partial charge in [0.25, 0.3) is 0 Å². The summed E-state index contributed by atoms with van der Waals surface area (Å²) in [5.74, 6) is 0.257. The molecule has 0 heterocycles. The summed E-state index contributed by atoms with van der Waals surface area (Å²) in [7, 11) is 0. The number of rotatable bonds is 11. The first kappa shape index (κ1) is 21.2. The maximum atomic E-state index is 10.0. The minimum atomic E-state index is -0.670. The van der Waals surface area contributed by atoms with Crippen molar-refractivity contribution in [2.45, 2.75) is 104 Å². The van der Waals surface area contributed by atoms with E-state index in [0.717, 1.165) is 18.8 Å². The van der Waals surface area contributed by atoms with Crippen molar-refractivity contribution in [3.05, 3.63) is 12.2 Å². The van der Waals surface area contributed by atoms with Crippen LogP contribution in [-0.4, -0.2) is 11.1 Å². The third-order valence-corrected chi connectivity index (χ3v) is 4.28. The third kappa shape index (κ3) is 15.6. The number of carbonyl (C=O) groups is 1. The molecule has 0 aromatic rings. The van der Waals surface area contributed by atoms with Gasteiger partial charge < -0.3 is 5.11 Å². The number of hydrogen-bond donors (Lipinski definition) is 1. The fourth-order valence-corrected chi connectivity index (χ4v) is 2.84. The second-order valence-electron chi connectivity index (χ2n) is 6.53. The van der Waals surface area contributed by atoms with Crippen LogP contribution in [0.2, 0.25) is 0 Å². The summed E-state index contributed by atoms with van der Waals surface area (Å²) in [4.78, 5) is 10.0. The van der Waals surface area contributed by atoms with Crippen molar-refractivity contribution in [2.75, 3.05) is 0 Å². The quantitative estimate of drug-likeness (QED) is 0.339. The van der Waals surface area contributed by atoms with E-state index < -0.39 is 5.97 Å². The summed E-state index contributed by atoms with van der Waals surface area (Å²) >= 11 is 0. The summed E-state index contributed by atoms with van der Waals surface area (Å²) in [5, 5.41) is 8.27. The molecule has 130 valence electrons. The molecular formula is C20H38O2. The smallest absolute Gasteiger partial charge is 0.303 e. The van der Waals surface area contributed by atoms with Gasteiger partial charge >= 0.3 is 5.97 Å². The summed E-state index contributed by atoms with van der Waals surface area (Å²) in [6.45, 7) is 4.43. The van der Waals surface area contributed by atoms with Crippen LogP contribution >= 0.6 is 0 Å². The predicted octanol–water partition coefficient (Wildman–Crippen LogP) is 6.74. The zero-order valence-corrected chi connectivity index (χ0v) is 15.0. The summed E-state index contributed by atoms with van der Waals surface area (Å²) in [6.07, 6.45) is 22.0. The highest BCUT2D eigenvalue weighted by atomic mass is 16.4. The zero-order valence-electron chi connectivity index (χ0n) is 15.0. The first-order valence-corrected chi connectivity index (χ1v) is 9.59. The van der Waals surface area contributed by atoms with Crippen LogP contribution in [0, 0.1) is 5.92 Å². The van der Waals surface area contributed by atoms with E-state index in [-0.39, 0.29) is 0 Å². The average molecular weight is 311 g/mol. The maximum absolute atomic E-state index is 10.0. The molecule has 1 unspecified atom stereocenters. The number of carboxylic acid groups (broad SMARTS) is 1. The van der Waals surface area contributed by atoms with Crippen LogP contribution in [0.1, 0.15) is 104 Å². The van der Waals surface area contributed by atoms with Crippen molar-refractivity contribution < 1.29 is 9.90 Å². The molecule has 22 heavy (non-hydrogen) atoms. The number of unbranched alkanes of at least 4 members (excludes halogenated alkanes) is 7. The van der Waals surface area contributed by atoms with Gasteiger partial charge in [-0.3, -0.25) is 4.79 Å². The zero-order chi connectivity index (χ0) is 16.5. The Balaban J connectivity index is 0.000000409. The molecule has 0 radical (unpaired) electrons. The topological polar surface area (TPSA) is 37.3 Å². The van der Waals surface area contributed by atoms with Crippen LogP contribution in [0.15, 0.2) is 12.2 Å². The van der Waals surface area contributed by atoms with Crippen LogP contribution in [0.4, 0.5) is 0 Å². The van der Waals surface area contributed by atoms with Crippen molar-refractivity contribution >= 4 is 5.97 Å².